The minimum Gasteiger partial charge on any atom is -0.393 e. The first-order valence-electron chi connectivity index (χ1n) is 8.28. The Morgan fingerprint density at radius 1 is 1.30 bits per heavy atom. The van der Waals surface area contributed by atoms with Crippen LogP contribution in [0.25, 0.3) is 0 Å². The first-order chi connectivity index (χ1) is 9.58. The van der Waals surface area contributed by atoms with Crippen molar-refractivity contribution in [3.8, 4) is 0 Å². The Kier molecular flexibility index (Phi) is 5.70. The van der Waals surface area contributed by atoms with Crippen molar-refractivity contribution in [2.45, 2.75) is 58.5 Å². The van der Waals surface area contributed by atoms with Crippen molar-refractivity contribution in [3.63, 3.8) is 0 Å². The van der Waals surface area contributed by atoms with Crippen LogP contribution in [-0.2, 0) is 0 Å². The minimum atomic E-state index is -0.316. The van der Waals surface area contributed by atoms with E-state index in [4.69, 9.17) is 0 Å². The van der Waals surface area contributed by atoms with Gasteiger partial charge >= 0.3 is 6.03 Å². The summed E-state index contributed by atoms with van der Waals surface area (Å²) in [6.07, 6.45) is 6.91. The van der Waals surface area contributed by atoms with Crippen LogP contribution in [0.3, 0.4) is 0 Å². The van der Waals surface area contributed by atoms with E-state index in [1.54, 1.807) is 0 Å². The predicted octanol–water partition coefficient (Wildman–Crippen LogP) is 2.62. The van der Waals surface area contributed by atoms with E-state index in [1.165, 1.54) is 25.7 Å². The third kappa shape index (κ3) is 4.11. The highest BCUT2D eigenvalue weighted by molar-refractivity contribution is 5.74. The monoisotopic (exact) mass is 282 g/mol. The molecule has 0 aromatic rings. The molecule has 116 valence electrons. The number of hydrogen-bond donors (Lipinski definition) is 2. The van der Waals surface area contributed by atoms with Gasteiger partial charge in [0.2, 0.25) is 0 Å². The Balaban J connectivity index is 1.76. The zero-order chi connectivity index (χ0) is 14.5. The summed E-state index contributed by atoms with van der Waals surface area (Å²) in [4.78, 5) is 14.1. The average Bonchev–Trinajstić information content (AvgIpc) is 2.46. The van der Waals surface area contributed by atoms with Crippen LogP contribution >= 0.6 is 0 Å². The molecule has 20 heavy (non-hydrogen) atoms. The molecule has 0 bridgehead atoms. The van der Waals surface area contributed by atoms with Gasteiger partial charge in [-0.15, -0.1) is 0 Å². The first-order valence-corrected chi connectivity index (χ1v) is 8.28. The number of hydrogen-bond acceptors (Lipinski definition) is 2. The van der Waals surface area contributed by atoms with E-state index in [0.717, 1.165) is 31.8 Å². The van der Waals surface area contributed by atoms with Gasteiger partial charge in [0.1, 0.15) is 0 Å². The van der Waals surface area contributed by atoms with E-state index in [9.17, 15) is 9.90 Å². The fourth-order valence-corrected chi connectivity index (χ4v) is 3.61. The molecule has 0 aromatic carbocycles. The number of rotatable bonds is 3. The van der Waals surface area contributed by atoms with Crippen LogP contribution in [-0.4, -0.2) is 41.8 Å². The molecule has 2 rings (SSSR count). The van der Waals surface area contributed by atoms with Gasteiger partial charge in [-0.2, -0.15) is 0 Å². The summed E-state index contributed by atoms with van der Waals surface area (Å²) in [6.45, 7) is 6.48. The molecule has 1 aliphatic carbocycles. The topological polar surface area (TPSA) is 52.6 Å². The van der Waals surface area contributed by atoms with Crippen LogP contribution in [0.5, 0.6) is 0 Å². The Morgan fingerprint density at radius 3 is 2.75 bits per heavy atom. The lowest BCUT2D eigenvalue weighted by Gasteiger charge is -2.35. The van der Waals surface area contributed by atoms with Crippen LogP contribution in [0.2, 0.25) is 0 Å². The standard InChI is InChI=1S/C16H30N2O2/c1-12-6-3-4-7-14(12)10-17-16(20)18-9-5-8-15(11-18)13(2)19/h12-15,19H,3-11H2,1-2H3,(H,17,20). The molecule has 1 aliphatic heterocycles. The number of carbonyl (C=O) groups excluding carboxylic acids is 1. The molecule has 0 radical (unpaired) electrons. The molecule has 1 heterocycles. The molecule has 4 nitrogen and oxygen atoms in total. The van der Waals surface area contributed by atoms with Crippen molar-refractivity contribution < 1.29 is 9.90 Å². The van der Waals surface area contributed by atoms with Gasteiger partial charge in [-0.05, 0) is 38.0 Å². The van der Waals surface area contributed by atoms with Crippen molar-refractivity contribution in [2.75, 3.05) is 19.6 Å². The second-order valence-electron chi connectivity index (χ2n) is 6.80. The molecule has 0 aromatic heterocycles. The molecule has 0 spiro atoms. The summed E-state index contributed by atoms with van der Waals surface area (Å²) in [5, 5.41) is 12.8. The van der Waals surface area contributed by atoms with Gasteiger partial charge in [0.05, 0.1) is 6.10 Å². The predicted molar refractivity (Wildman–Crippen MR) is 80.5 cm³/mol. The zero-order valence-corrected chi connectivity index (χ0v) is 13.0. The summed E-state index contributed by atoms with van der Waals surface area (Å²) in [5.41, 5.74) is 0. The number of urea groups is 1. The number of aliphatic hydroxyl groups excluding tert-OH is 1. The van der Waals surface area contributed by atoms with E-state index in [-0.39, 0.29) is 18.1 Å². The highest BCUT2D eigenvalue weighted by atomic mass is 16.3. The molecule has 4 unspecified atom stereocenters. The van der Waals surface area contributed by atoms with Crippen molar-refractivity contribution in [3.05, 3.63) is 0 Å². The Morgan fingerprint density at radius 2 is 2.05 bits per heavy atom. The largest absolute Gasteiger partial charge is 0.393 e. The quantitative estimate of drug-likeness (QED) is 0.836. The first kappa shape index (κ1) is 15.6. The maximum Gasteiger partial charge on any atom is 0.317 e. The van der Waals surface area contributed by atoms with E-state index in [0.29, 0.717) is 12.5 Å². The molecule has 2 amide bonds. The lowest BCUT2D eigenvalue weighted by atomic mass is 9.80. The number of carbonyl (C=O) groups is 1. The fraction of sp³-hybridized carbons (Fsp3) is 0.938. The summed E-state index contributed by atoms with van der Waals surface area (Å²) in [6, 6.07) is 0.0631. The lowest BCUT2D eigenvalue weighted by Crippen LogP contribution is -2.48. The van der Waals surface area contributed by atoms with Gasteiger partial charge < -0.3 is 15.3 Å². The second kappa shape index (κ2) is 7.30. The maximum atomic E-state index is 12.2. The normalized spacial score (nSPS) is 32.8. The van der Waals surface area contributed by atoms with Gasteiger partial charge in [0, 0.05) is 25.6 Å². The number of amides is 2. The van der Waals surface area contributed by atoms with Crippen LogP contribution in [0.15, 0.2) is 0 Å². The van der Waals surface area contributed by atoms with Gasteiger partial charge in [0.15, 0.2) is 0 Å². The van der Waals surface area contributed by atoms with Crippen LogP contribution in [0, 0.1) is 17.8 Å². The number of nitrogens with one attached hydrogen (secondary N) is 1. The second-order valence-corrected chi connectivity index (χ2v) is 6.80. The molecule has 1 saturated heterocycles. The third-order valence-electron chi connectivity index (χ3n) is 5.23. The molecule has 1 saturated carbocycles. The van der Waals surface area contributed by atoms with Crippen LogP contribution < -0.4 is 5.32 Å². The lowest BCUT2D eigenvalue weighted by molar-refractivity contribution is 0.0734. The van der Waals surface area contributed by atoms with Crippen molar-refractivity contribution in [2.24, 2.45) is 17.8 Å². The van der Waals surface area contributed by atoms with Crippen LogP contribution in [0.4, 0.5) is 4.79 Å². The van der Waals surface area contributed by atoms with Gasteiger partial charge in [0.25, 0.3) is 0 Å². The molecule has 2 aliphatic rings. The molecular weight excluding hydrogens is 252 g/mol. The van der Waals surface area contributed by atoms with E-state index in [2.05, 4.69) is 12.2 Å². The Hall–Kier alpha value is -0.770. The fourth-order valence-electron chi connectivity index (χ4n) is 3.61. The number of likely N-dealkylation sites (tertiary alicyclic amines) is 1. The average molecular weight is 282 g/mol. The summed E-state index contributed by atoms with van der Waals surface area (Å²) >= 11 is 0. The molecule has 2 N–H and O–H groups in total. The van der Waals surface area contributed by atoms with Crippen molar-refractivity contribution in [1.29, 1.82) is 0 Å². The smallest absolute Gasteiger partial charge is 0.317 e. The summed E-state index contributed by atoms with van der Waals surface area (Å²) in [7, 11) is 0. The molecular formula is C16H30N2O2. The van der Waals surface area contributed by atoms with Gasteiger partial charge in [-0.1, -0.05) is 26.2 Å². The van der Waals surface area contributed by atoms with E-state index in [1.807, 2.05) is 11.8 Å². The number of nitrogens with zero attached hydrogens (tertiary/aromatic N) is 1. The zero-order valence-electron chi connectivity index (χ0n) is 13.0. The van der Waals surface area contributed by atoms with E-state index < -0.39 is 0 Å². The number of piperidine rings is 1. The molecule has 4 heteroatoms. The highest BCUT2D eigenvalue weighted by Gasteiger charge is 2.27. The molecule has 2 fully saturated rings. The SMILES string of the molecule is CC(O)C1CCCN(C(=O)NCC2CCCCC2C)C1. The highest BCUT2D eigenvalue weighted by Crippen LogP contribution is 2.29. The molecule has 4 atom stereocenters. The van der Waals surface area contributed by atoms with Gasteiger partial charge in [-0.3, -0.25) is 0 Å². The minimum absolute atomic E-state index is 0.0631. The van der Waals surface area contributed by atoms with Crippen molar-refractivity contribution in [1.82, 2.24) is 10.2 Å². The number of aliphatic hydroxyl groups is 1. The van der Waals surface area contributed by atoms with Crippen molar-refractivity contribution >= 4 is 6.03 Å². The summed E-state index contributed by atoms with van der Waals surface area (Å²) in [5.74, 6) is 1.61. The van der Waals surface area contributed by atoms with E-state index >= 15 is 0 Å². The Bertz CT molecular complexity index is 320. The maximum absolute atomic E-state index is 12.2. The summed E-state index contributed by atoms with van der Waals surface area (Å²) < 4.78 is 0. The van der Waals surface area contributed by atoms with Gasteiger partial charge in [-0.25, -0.2) is 4.79 Å². The Labute approximate surface area is 122 Å². The third-order valence-corrected chi connectivity index (χ3v) is 5.23. The van der Waals surface area contributed by atoms with Crippen LogP contribution in [0.1, 0.15) is 52.4 Å².